The van der Waals surface area contributed by atoms with Crippen molar-refractivity contribution in [2.45, 2.75) is 46.1 Å². The SMILES string of the molecule is CCCCn1c(N)c(N(CC)C(=O)COC(=O)C2CC2)c(=O)[nH]c1=O. The minimum atomic E-state index is -0.737. The Morgan fingerprint density at radius 1 is 1.32 bits per heavy atom. The molecule has 25 heavy (non-hydrogen) atoms. The van der Waals surface area contributed by atoms with Crippen LogP contribution in [0, 0.1) is 5.92 Å². The van der Waals surface area contributed by atoms with E-state index < -0.39 is 29.7 Å². The highest BCUT2D eigenvalue weighted by Gasteiger charge is 2.32. The summed E-state index contributed by atoms with van der Waals surface area (Å²) in [5, 5.41) is 0. The number of anilines is 2. The van der Waals surface area contributed by atoms with Crippen LogP contribution in [0.1, 0.15) is 39.5 Å². The largest absolute Gasteiger partial charge is 0.455 e. The predicted molar refractivity (Wildman–Crippen MR) is 92.4 cm³/mol. The third kappa shape index (κ3) is 4.28. The molecular formula is C16H24N4O5. The maximum Gasteiger partial charge on any atom is 0.330 e. The molecule has 0 bridgehead atoms. The number of nitrogens with zero attached hydrogens (tertiary/aromatic N) is 2. The van der Waals surface area contributed by atoms with E-state index in [-0.39, 0.29) is 24.0 Å². The second-order valence-corrected chi connectivity index (χ2v) is 6.02. The number of unbranched alkanes of at least 4 members (excludes halogenated alkanes) is 1. The molecule has 0 spiro atoms. The Kier molecular flexibility index (Phi) is 6.00. The number of rotatable bonds is 8. The first-order valence-corrected chi connectivity index (χ1v) is 8.50. The molecule has 1 fully saturated rings. The molecular weight excluding hydrogens is 328 g/mol. The summed E-state index contributed by atoms with van der Waals surface area (Å²) in [6, 6.07) is 0. The Bertz CT molecular complexity index is 763. The Balaban J connectivity index is 2.25. The van der Waals surface area contributed by atoms with Gasteiger partial charge < -0.3 is 15.4 Å². The van der Waals surface area contributed by atoms with Crippen LogP contribution >= 0.6 is 0 Å². The van der Waals surface area contributed by atoms with Crippen molar-refractivity contribution in [1.29, 1.82) is 0 Å². The zero-order valence-electron chi connectivity index (χ0n) is 14.5. The average molecular weight is 352 g/mol. The number of carbonyl (C=O) groups is 2. The van der Waals surface area contributed by atoms with Gasteiger partial charge in [-0.05, 0) is 26.2 Å². The fourth-order valence-electron chi connectivity index (χ4n) is 2.48. The zero-order valence-corrected chi connectivity index (χ0v) is 14.5. The van der Waals surface area contributed by atoms with E-state index in [9.17, 15) is 19.2 Å². The number of carbonyl (C=O) groups excluding carboxylic acids is 2. The van der Waals surface area contributed by atoms with Gasteiger partial charge in [0, 0.05) is 13.1 Å². The number of nitrogens with one attached hydrogen (secondary N) is 1. The third-order valence-electron chi connectivity index (χ3n) is 4.09. The Labute approximate surface area is 144 Å². The summed E-state index contributed by atoms with van der Waals surface area (Å²) in [6.07, 6.45) is 3.10. The maximum atomic E-state index is 12.4. The van der Waals surface area contributed by atoms with E-state index >= 15 is 0 Å². The van der Waals surface area contributed by atoms with Crippen molar-refractivity contribution in [3.05, 3.63) is 20.8 Å². The number of nitrogens with two attached hydrogens (primary N) is 1. The van der Waals surface area contributed by atoms with E-state index in [0.717, 1.165) is 24.2 Å². The monoisotopic (exact) mass is 352 g/mol. The second kappa shape index (κ2) is 8.00. The lowest BCUT2D eigenvalue weighted by Gasteiger charge is -2.23. The number of H-pyrrole nitrogens is 1. The maximum absolute atomic E-state index is 12.4. The van der Waals surface area contributed by atoms with E-state index in [4.69, 9.17) is 10.5 Å². The average Bonchev–Trinajstić information content (AvgIpc) is 3.40. The number of nitrogen functional groups attached to an aromatic ring is 1. The lowest BCUT2D eigenvalue weighted by atomic mass is 10.3. The van der Waals surface area contributed by atoms with Crippen molar-refractivity contribution < 1.29 is 14.3 Å². The minimum Gasteiger partial charge on any atom is -0.455 e. The number of ether oxygens (including phenoxy) is 1. The van der Waals surface area contributed by atoms with Crippen LogP contribution in [-0.2, 0) is 20.9 Å². The van der Waals surface area contributed by atoms with Crippen LogP contribution in [0.3, 0.4) is 0 Å². The van der Waals surface area contributed by atoms with Crippen molar-refractivity contribution in [3.8, 4) is 0 Å². The van der Waals surface area contributed by atoms with Crippen LogP contribution in [0.25, 0.3) is 0 Å². The van der Waals surface area contributed by atoms with Gasteiger partial charge in [-0.25, -0.2) is 4.79 Å². The van der Waals surface area contributed by atoms with E-state index in [1.807, 2.05) is 6.92 Å². The molecule has 9 nitrogen and oxygen atoms in total. The summed E-state index contributed by atoms with van der Waals surface area (Å²) < 4.78 is 6.22. The molecule has 0 aromatic carbocycles. The highest BCUT2D eigenvalue weighted by atomic mass is 16.5. The highest BCUT2D eigenvalue weighted by molar-refractivity contribution is 5.97. The van der Waals surface area contributed by atoms with Gasteiger partial charge in [0.15, 0.2) is 12.3 Å². The molecule has 0 unspecified atom stereocenters. The topological polar surface area (TPSA) is 127 Å². The van der Waals surface area contributed by atoms with Gasteiger partial charge in [-0.2, -0.15) is 0 Å². The quantitative estimate of drug-likeness (QED) is 0.645. The number of hydrogen-bond acceptors (Lipinski definition) is 6. The van der Waals surface area contributed by atoms with E-state index in [2.05, 4.69) is 4.98 Å². The number of esters is 1. The first-order valence-electron chi connectivity index (χ1n) is 8.50. The van der Waals surface area contributed by atoms with Gasteiger partial charge in [0.05, 0.1) is 5.92 Å². The molecule has 0 saturated heterocycles. The summed E-state index contributed by atoms with van der Waals surface area (Å²) in [5.74, 6) is -1.15. The molecule has 1 saturated carbocycles. The summed E-state index contributed by atoms with van der Waals surface area (Å²) in [4.78, 5) is 51.4. The van der Waals surface area contributed by atoms with Gasteiger partial charge in [-0.1, -0.05) is 13.3 Å². The van der Waals surface area contributed by atoms with Gasteiger partial charge >= 0.3 is 11.7 Å². The van der Waals surface area contributed by atoms with Gasteiger partial charge in [-0.15, -0.1) is 0 Å². The highest BCUT2D eigenvalue weighted by Crippen LogP contribution is 2.30. The predicted octanol–water partition coefficient (Wildman–Crippen LogP) is 0.225. The number of likely N-dealkylation sites (N-methyl/N-ethyl adjacent to an activating group) is 1. The first-order chi connectivity index (χ1) is 11.9. The molecule has 1 aromatic rings. The molecule has 9 heteroatoms. The molecule has 1 heterocycles. The zero-order chi connectivity index (χ0) is 18.6. The van der Waals surface area contributed by atoms with Crippen LogP contribution in [0.15, 0.2) is 9.59 Å². The van der Waals surface area contributed by atoms with Crippen molar-refractivity contribution in [2.75, 3.05) is 23.8 Å². The van der Waals surface area contributed by atoms with Crippen LogP contribution in [-0.4, -0.2) is 34.6 Å². The van der Waals surface area contributed by atoms with Crippen molar-refractivity contribution in [1.82, 2.24) is 9.55 Å². The smallest absolute Gasteiger partial charge is 0.330 e. The van der Waals surface area contributed by atoms with Crippen molar-refractivity contribution in [3.63, 3.8) is 0 Å². The van der Waals surface area contributed by atoms with Crippen molar-refractivity contribution in [2.24, 2.45) is 5.92 Å². The van der Waals surface area contributed by atoms with Crippen LogP contribution < -0.4 is 21.9 Å². The number of aromatic amines is 1. The Morgan fingerprint density at radius 2 is 2.00 bits per heavy atom. The second-order valence-electron chi connectivity index (χ2n) is 6.02. The molecule has 1 aliphatic rings. The standard InChI is InChI=1S/C16H24N4O5/c1-3-5-8-20-13(17)12(14(22)18-16(20)24)19(4-2)11(21)9-25-15(23)10-6-7-10/h10H,3-9,17H2,1-2H3,(H,18,22,24). The Morgan fingerprint density at radius 3 is 2.56 bits per heavy atom. The van der Waals surface area contributed by atoms with Gasteiger partial charge in [0.25, 0.3) is 11.5 Å². The van der Waals surface area contributed by atoms with E-state index in [1.165, 1.54) is 4.57 Å². The lowest BCUT2D eigenvalue weighted by molar-refractivity contribution is -0.149. The summed E-state index contributed by atoms with van der Waals surface area (Å²) >= 11 is 0. The molecule has 0 radical (unpaired) electrons. The minimum absolute atomic E-state index is 0.0640. The lowest BCUT2D eigenvalue weighted by Crippen LogP contribution is -2.42. The van der Waals surface area contributed by atoms with Gasteiger partial charge in [0.1, 0.15) is 5.82 Å². The molecule has 1 aromatic heterocycles. The summed E-state index contributed by atoms with van der Waals surface area (Å²) in [7, 11) is 0. The first kappa shape index (κ1) is 18.8. The fourth-order valence-corrected chi connectivity index (χ4v) is 2.48. The van der Waals surface area contributed by atoms with Gasteiger partial charge in [-0.3, -0.25) is 23.9 Å². The van der Waals surface area contributed by atoms with Crippen LogP contribution in [0.4, 0.5) is 11.5 Å². The number of aromatic nitrogens is 2. The molecule has 1 aliphatic carbocycles. The fraction of sp³-hybridized carbons (Fsp3) is 0.625. The molecule has 138 valence electrons. The molecule has 0 atom stereocenters. The van der Waals surface area contributed by atoms with E-state index in [1.54, 1.807) is 6.92 Å². The van der Waals surface area contributed by atoms with Gasteiger partial charge in [0.2, 0.25) is 0 Å². The third-order valence-corrected chi connectivity index (χ3v) is 4.09. The van der Waals surface area contributed by atoms with Crippen LogP contribution in [0.5, 0.6) is 0 Å². The molecule has 0 aliphatic heterocycles. The van der Waals surface area contributed by atoms with Crippen LogP contribution in [0.2, 0.25) is 0 Å². The van der Waals surface area contributed by atoms with E-state index in [0.29, 0.717) is 13.0 Å². The molecule has 3 N–H and O–H groups in total. The number of amides is 1. The summed E-state index contributed by atoms with van der Waals surface area (Å²) in [5.41, 5.74) is 4.56. The number of hydrogen-bond donors (Lipinski definition) is 2. The summed E-state index contributed by atoms with van der Waals surface area (Å²) in [6.45, 7) is 3.66. The molecule has 2 rings (SSSR count). The van der Waals surface area contributed by atoms with Crippen molar-refractivity contribution >= 4 is 23.4 Å². The Hall–Kier alpha value is -2.58. The normalized spacial score (nSPS) is 13.5. The molecule has 1 amide bonds.